The molecule has 0 unspecified atom stereocenters. The fourth-order valence-electron chi connectivity index (χ4n) is 3.60. The van der Waals surface area contributed by atoms with Crippen molar-refractivity contribution in [3.05, 3.63) is 87.6 Å². The van der Waals surface area contributed by atoms with Crippen molar-refractivity contribution in [3.63, 3.8) is 0 Å². The largest absolute Gasteiger partial charge is 0.272 e. The van der Waals surface area contributed by atoms with Crippen LogP contribution in [0.5, 0.6) is 0 Å². The summed E-state index contributed by atoms with van der Waals surface area (Å²) in [6, 6.07) is 22.1. The fraction of sp³-hybridized carbons (Fsp3) is 0.222. The Morgan fingerprint density at radius 3 is 2.59 bits per heavy atom. The highest BCUT2D eigenvalue weighted by atomic mass is 32.1. The molecule has 4 nitrogen and oxygen atoms in total. The molecule has 0 spiro atoms. The van der Waals surface area contributed by atoms with Gasteiger partial charge in [0.05, 0.1) is 23.0 Å². The van der Waals surface area contributed by atoms with Crippen molar-refractivity contribution in [2.75, 3.05) is 0 Å². The van der Waals surface area contributed by atoms with Crippen molar-refractivity contribution in [3.8, 4) is 11.3 Å². The molecule has 2 aromatic heterocycles. The van der Waals surface area contributed by atoms with Gasteiger partial charge < -0.3 is 0 Å². The van der Waals surface area contributed by atoms with E-state index in [9.17, 15) is 4.79 Å². The van der Waals surface area contributed by atoms with Crippen LogP contribution in [0.25, 0.3) is 22.2 Å². The minimum atomic E-state index is -0.246. The van der Waals surface area contributed by atoms with E-state index in [0.717, 1.165) is 39.9 Å². The molecule has 0 radical (unpaired) electrons. The number of carbonyl (C=O) groups is 1. The smallest absolute Gasteiger partial charge is 0.267 e. The summed E-state index contributed by atoms with van der Waals surface area (Å²) in [6.07, 6.45) is 3.79. The lowest BCUT2D eigenvalue weighted by atomic mass is 9.96. The summed E-state index contributed by atoms with van der Waals surface area (Å²) in [6.45, 7) is 6.54. The van der Waals surface area contributed by atoms with Gasteiger partial charge in [0.2, 0.25) is 0 Å². The number of hydrogen-bond acceptors (Lipinski definition) is 4. The number of nitrogens with one attached hydrogen (secondary N) is 1. The molecule has 0 saturated carbocycles. The van der Waals surface area contributed by atoms with Crippen molar-refractivity contribution in [2.24, 2.45) is 5.10 Å². The Morgan fingerprint density at radius 1 is 1.09 bits per heavy atom. The number of rotatable bonds is 7. The topological polar surface area (TPSA) is 54.4 Å². The highest BCUT2D eigenvalue weighted by Crippen LogP contribution is 2.27. The molecule has 0 fully saturated rings. The minimum Gasteiger partial charge on any atom is -0.267 e. The molecule has 1 atom stereocenters. The number of pyridine rings is 1. The van der Waals surface area contributed by atoms with Gasteiger partial charge in [0.25, 0.3) is 5.91 Å². The first-order chi connectivity index (χ1) is 15.6. The van der Waals surface area contributed by atoms with E-state index in [1.165, 1.54) is 10.4 Å². The lowest BCUT2D eigenvalue weighted by Gasteiger charge is -2.11. The molecule has 1 N–H and O–H groups in total. The Bertz CT molecular complexity index is 1260. The van der Waals surface area contributed by atoms with E-state index >= 15 is 0 Å². The lowest BCUT2D eigenvalue weighted by Crippen LogP contribution is -2.18. The summed E-state index contributed by atoms with van der Waals surface area (Å²) in [5.74, 6) is 0.272. The summed E-state index contributed by atoms with van der Waals surface area (Å²) in [5, 5.41) is 4.99. The molecule has 2 aromatic carbocycles. The maximum atomic E-state index is 13.0. The van der Waals surface area contributed by atoms with Gasteiger partial charge in [-0.3, -0.25) is 4.79 Å². The van der Waals surface area contributed by atoms with Gasteiger partial charge in [-0.1, -0.05) is 63.2 Å². The van der Waals surface area contributed by atoms with Crippen LogP contribution in [-0.4, -0.2) is 17.1 Å². The zero-order chi connectivity index (χ0) is 22.5. The summed E-state index contributed by atoms with van der Waals surface area (Å²) in [4.78, 5) is 20.1. The number of para-hydroxylation sites is 1. The maximum Gasteiger partial charge on any atom is 0.272 e. The first-order valence-electron chi connectivity index (χ1n) is 11.0. The average Bonchev–Trinajstić information content (AvgIpc) is 3.31. The number of aryl methyl sites for hydroxylation is 1. The second-order valence-electron chi connectivity index (χ2n) is 7.86. The Labute approximate surface area is 193 Å². The van der Waals surface area contributed by atoms with Crippen LogP contribution >= 0.6 is 11.3 Å². The number of nitrogens with zero attached hydrogens (tertiary/aromatic N) is 2. The van der Waals surface area contributed by atoms with Crippen molar-refractivity contribution < 1.29 is 4.79 Å². The second-order valence-corrected chi connectivity index (χ2v) is 9.06. The minimum absolute atomic E-state index is 0.246. The number of benzene rings is 2. The molecule has 0 bridgehead atoms. The van der Waals surface area contributed by atoms with E-state index in [2.05, 4.69) is 61.6 Å². The monoisotopic (exact) mass is 441 g/mol. The molecular formula is C27H27N3OS. The molecule has 0 saturated heterocycles. The number of carbonyl (C=O) groups excluding carboxylic acids is 1. The number of aromatic nitrogens is 1. The second kappa shape index (κ2) is 9.88. The van der Waals surface area contributed by atoms with Crippen LogP contribution in [0, 0.1) is 0 Å². The SMILES string of the molecule is CCc1ccc(C=NNC(=O)c2cc(-c3ccc([C@H](C)CC)cc3)nc3ccccc23)s1. The van der Waals surface area contributed by atoms with E-state index in [1.54, 1.807) is 17.6 Å². The van der Waals surface area contributed by atoms with Gasteiger partial charge in [0.1, 0.15) is 0 Å². The molecule has 0 aliphatic heterocycles. The van der Waals surface area contributed by atoms with Gasteiger partial charge in [0.15, 0.2) is 0 Å². The van der Waals surface area contributed by atoms with Gasteiger partial charge in [-0.05, 0) is 48.6 Å². The van der Waals surface area contributed by atoms with Crippen LogP contribution in [0.1, 0.15) is 58.8 Å². The molecule has 0 aliphatic rings. The van der Waals surface area contributed by atoms with Crippen molar-refractivity contribution >= 4 is 34.4 Å². The normalized spacial score (nSPS) is 12.3. The summed E-state index contributed by atoms with van der Waals surface area (Å²) < 4.78 is 0. The third-order valence-corrected chi connectivity index (χ3v) is 6.90. The Kier molecular flexibility index (Phi) is 6.76. The van der Waals surface area contributed by atoms with E-state index < -0.39 is 0 Å². The number of thiophene rings is 1. The molecule has 0 aliphatic carbocycles. The zero-order valence-electron chi connectivity index (χ0n) is 18.6. The molecule has 2 heterocycles. The quantitative estimate of drug-likeness (QED) is 0.253. The Hall–Kier alpha value is -3.31. The first-order valence-corrected chi connectivity index (χ1v) is 11.8. The molecule has 4 rings (SSSR count). The molecule has 32 heavy (non-hydrogen) atoms. The standard InChI is InChI=1S/C27H27N3OS/c1-4-18(3)19-10-12-20(13-11-19)26-16-24(23-8-6-7-9-25(23)29-26)27(31)30-28-17-22-15-14-21(5-2)32-22/h6-18H,4-5H2,1-3H3,(H,30,31)/t18-/m1/s1. The fourth-order valence-corrected chi connectivity index (χ4v) is 4.42. The number of fused-ring (bicyclic) bond motifs is 1. The third-order valence-electron chi connectivity index (χ3n) is 5.74. The first kappa shape index (κ1) is 21.9. The van der Waals surface area contributed by atoms with Gasteiger partial charge in [-0.15, -0.1) is 11.3 Å². The Morgan fingerprint density at radius 2 is 1.88 bits per heavy atom. The highest BCUT2D eigenvalue weighted by molar-refractivity contribution is 7.13. The summed E-state index contributed by atoms with van der Waals surface area (Å²) >= 11 is 1.68. The van der Waals surface area contributed by atoms with Crippen LogP contribution in [0.2, 0.25) is 0 Å². The van der Waals surface area contributed by atoms with Crippen molar-refractivity contribution in [1.29, 1.82) is 0 Å². The lowest BCUT2D eigenvalue weighted by molar-refractivity contribution is 0.0956. The van der Waals surface area contributed by atoms with Crippen molar-refractivity contribution in [1.82, 2.24) is 10.4 Å². The van der Waals surface area contributed by atoms with Crippen molar-refractivity contribution in [2.45, 2.75) is 39.5 Å². The van der Waals surface area contributed by atoms with Crippen LogP contribution in [0.15, 0.2) is 71.8 Å². The zero-order valence-corrected chi connectivity index (χ0v) is 19.4. The summed E-state index contributed by atoms with van der Waals surface area (Å²) in [7, 11) is 0. The molecule has 4 aromatic rings. The van der Waals surface area contributed by atoms with E-state index in [4.69, 9.17) is 4.98 Å². The van der Waals surface area contributed by atoms with Crippen LogP contribution in [-0.2, 0) is 6.42 Å². The van der Waals surface area contributed by atoms with Gasteiger partial charge in [-0.2, -0.15) is 5.10 Å². The predicted octanol–water partition coefficient (Wildman–Crippen LogP) is 6.80. The van der Waals surface area contributed by atoms with Crippen LogP contribution in [0.3, 0.4) is 0 Å². The Balaban J connectivity index is 1.63. The molecule has 5 heteroatoms. The summed E-state index contributed by atoms with van der Waals surface area (Å²) in [5.41, 5.74) is 7.12. The van der Waals surface area contributed by atoms with Gasteiger partial charge in [0, 0.05) is 20.7 Å². The average molecular weight is 442 g/mol. The van der Waals surface area contributed by atoms with E-state index in [0.29, 0.717) is 11.5 Å². The molecular weight excluding hydrogens is 414 g/mol. The van der Waals surface area contributed by atoms with Crippen LogP contribution in [0.4, 0.5) is 0 Å². The van der Waals surface area contributed by atoms with Gasteiger partial charge in [-0.25, -0.2) is 10.4 Å². The number of hydrazone groups is 1. The maximum absolute atomic E-state index is 13.0. The van der Waals surface area contributed by atoms with E-state index in [-0.39, 0.29) is 5.91 Å². The number of amides is 1. The highest BCUT2D eigenvalue weighted by Gasteiger charge is 2.14. The van der Waals surface area contributed by atoms with Gasteiger partial charge >= 0.3 is 0 Å². The van der Waals surface area contributed by atoms with Crippen LogP contribution < -0.4 is 5.43 Å². The predicted molar refractivity (Wildman–Crippen MR) is 135 cm³/mol. The molecule has 162 valence electrons. The number of hydrogen-bond donors (Lipinski definition) is 1. The van der Waals surface area contributed by atoms with E-state index in [1.807, 2.05) is 36.4 Å². The molecule has 1 amide bonds. The third kappa shape index (κ3) is 4.78.